The number of hydrogen-bond acceptors (Lipinski definition) is 6. The molecule has 7 nitrogen and oxygen atoms in total. The molecule has 0 bridgehead atoms. The molecule has 0 unspecified atom stereocenters. The van der Waals surface area contributed by atoms with E-state index in [2.05, 4.69) is 5.32 Å². The van der Waals surface area contributed by atoms with Crippen LogP contribution in [0.5, 0.6) is 0 Å². The van der Waals surface area contributed by atoms with Crippen LogP contribution in [0, 0.1) is 24.0 Å². The Bertz CT molecular complexity index is 1070. The molecule has 3 aromatic rings. The molecule has 0 fully saturated rings. The molecule has 0 saturated carbocycles. The van der Waals surface area contributed by atoms with Crippen LogP contribution >= 0.6 is 11.3 Å². The van der Waals surface area contributed by atoms with E-state index < -0.39 is 0 Å². The number of thiazole rings is 1. The van der Waals surface area contributed by atoms with Crippen molar-refractivity contribution in [2.45, 2.75) is 26.8 Å². The monoisotopic (exact) mass is 410 g/mol. The van der Waals surface area contributed by atoms with E-state index in [1.54, 1.807) is 20.0 Å². The fourth-order valence-corrected chi connectivity index (χ4v) is 4.17. The van der Waals surface area contributed by atoms with E-state index in [0.29, 0.717) is 29.1 Å². The fourth-order valence-electron chi connectivity index (χ4n) is 3.11. The number of nitrogens with one attached hydrogen (secondary N) is 1. The van der Waals surface area contributed by atoms with Crippen molar-refractivity contribution < 1.29 is 9.72 Å². The highest BCUT2D eigenvalue weighted by molar-refractivity contribution is 7.14. The van der Waals surface area contributed by atoms with Crippen LogP contribution in [-0.2, 0) is 13.0 Å². The number of aromatic nitrogens is 1. The molecule has 3 N–H and O–H groups in total. The van der Waals surface area contributed by atoms with Crippen molar-refractivity contribution in [1.29, 1.82) is 0 Å². The molecular formula is C21H22N4O3S. The number of nitrogens with zero attached hydrogens (tertiary/aromatic N) is 2. The van der Waals surface area contributed by atoms with E-state index >= 15 is 0 Å². The van der Waals surface area contributed by atoms with E-state index in [4.69, 9.17) is 10.7 Å². The Labute approximate surface area is 172 Å². The Morgan fingerprint density at radius 1 is 1.21 bits per heavy atom. The van der Waals surface area contributed by atoms with Gasteiger partial charge in [-0.15, -0.1) is 11.3 Å². The maximum Gasteiger partial charge on any atom is 0.272 e. The number of amides is 1. The SMILES string of the molecule is CNC(=O)c1sc(Cc2cc(C)c([N+](=O)[O-])cc2C)nc1-c1ccc(CN)cc1. The van der Waals surface area contributed by atoms with Gasteiger partial charge in [0.05, 0.1) is 15.6 Å². The van der Waals surface area contributed by atoms with E-state index in [1.807, 2.05) is 37.3 Å². The van der Waals surface area contributed by atoms with Gasteiger partial charge < -0.3 is 11.1 Å². The molecule has 1 aromatic heterocycles. The van der Waals surface area contributed by atoms with Gasteiger partial charge in [0.15, 0.2) is 0 Å². The molecule has 0 spiro atoms. The van der Waals surface area contributed by atoms with Gasteiger partial charge in [0.2, 0.25) is 0 Å². The smallest absolute Gasteiger partial charge is 0.272 e. The summed E-state index contributed by atoms with van der Waals surface area (Å²) in [4.78, 5) is 28.4. The lowest BCUT2D eigenvalue weighted by Crippen LogP contribution is -2.17. The minimum atomic E-state index is -0.373. The van der Waals surface area contributed by atoms with Gasteiger partial charge in [-0.05, 0) is 36.6 Å². The second-order valence-corrected chi connectivity index (χ2v) is 7.85. The van der Waals surface area contributed by atoms with Crippen molar-refractivity contribution in [2.75, 3.05) is 7.05 Å². The molecular weight excluding hydrogens is 388 g/mol. The highest BCUT2D eigenvalue weighted by atomic mass is 32.1. The van der Waals surface area contributed by atoms with Crippen molar-refractivity contribution in [1.82, 2.24) is 10.3 Å². The summed E-state index contributed by atoms with van der Waals surface area (Å²) in [5.74, 6) is -0.191. The maximum absolute atomic E-state index is 12.4. The number of nitro benzene ring substituents is 1. The lowest BCUT2D eigenvalue weighted by Gasteiger charge is -2.06. The summed E-state index contributed by atoms with van der Waals surface area (Å²) in [5, 5.41) is 14.6. The van der Waals surface area contributed by atoms with Crippen molar-refractivity contribution in [2.24, 2.45) is 5.73 Å². The third-order valence-electron chi connectivity index (χ3n) is 4.76. The highest BCUT2D eigenvalue weighted by Crippen LogP contribution is 2.31. The number of rotatable bonds is 6. The summed E-state index contributed by atoms with van der Waals surface area (Å²) >= 11 is 1.34. The molecule has 3 rings (SSSR count). The Balaban J connectivity index is 2.01. The van der Waals surface area contributed by atoms with Gasteiger partial charge in [-0.3, -0.25) is 14.9 Å². The van der Waals surface area contributed by atoms with Gasteiger partial charge >= 0.3 is 0 Å². The molecule has 8 heteroatoms. The Morgan fingerprint density at radius 2 is 1.90 bits per heavy atom. The third-order valence-corrected chi connectivity index (χ3v) is 5.81. The standard InChI is InChI=1S/C21H22N4O3S/c1-12-9-17(25(27)28)13(2)8-16(12)10-18-24-19(20(29-18)21(26)23-3)15-6-4-14(11-22)5-7-15/h4-9H,10-11,22H2,1-3H3,(H,23,26). The maximum atomic E-state index is 12.4. The Morgan fingerprint density at radius 3 is 2.48 bits per heavy atom. The van der Waals surface area contributed by atoms with Gasteiger partial charge in [-0.25, -0.2) is 4.98 Å². The van der Waals surface area contributed by atoms with Gasteiger partial charge in [0, 0.05) is 37.2 Å². The zero-order chi connectivity index (χ0) is 21.1. The predicted octanol–water partition coefficient (Wildman–Crippen LogP) is 3.74. The average molecular weight is 410 g/mol. The molecule has 150 valence electrons. The number of carbonyl (C=O) groups excluding carboxylic acids is 1. The minimum absolute atomic E-state index is 0.108. The summed E-state index contributed by atoms with van der Waals surface area (Å²) < 4.78 is 0. The summed E-state index contributed by atoms with van der Waals surface area (Å²) in [6.45, 7) is 4.02. The van der Waals surface area contributed by atoms with Crippen LogP contribution in [0.3, 0.4) is 0 Å². The lowest BCUT2D eigenvalue weighted by atomic mass is 10.0. The van der Waals surface area contributed by atoms with Gasteiger partial charge in [-0.1, -0.05) is 24.3 Å². The Hall–Kier alpha value is -3.10. The van der Waals surface area contributed by atoms with Crippen molar-refractivity contribution in [3.63, 3.8) is 0 Å². The predicted molar refractivity (Wildman–Crippen MR) is 114 cm³/mol. The van der Waals surface area contributed by atoms with Crippen molar-refractivity contribution in [3.8, 4) is 11.3 Å². The number of hydrogen-bond donors (Lipinski definition) is 2. The minimum Gasteiger partial charge on any atom is -0.354 e. The average Bonchev–Trinajstić information content (AvgIpc) is 3.13. The first-order valence-electron chi connectivity index (χ1n) is 9.09. The first-order valence-corrected chi connectivity index (χ1v) is 9.91. The van der Waals surface area contributed by atoms with E-state index in [0.717, 1.165) is 27.3 Å². The largest absolute Gasteiger partial charge is 0.354 e. The van der Waals surface area contributed by atoms with Gasteiger partial charge in [0.1, 0.15) is 4.88 Å². The molecule has 0 saturated heterocycles. The first-order chi connectivity index (χ1) is 13.8. The number of benzene rings is 2. The summed E-state index contributed by atoms with van der Waals surface area (Å²) in [7, 11) is 1.59. The summed E-state index contributed by atoms with van der Waals surface area (Å²) in [6.07, 6.45) is 0.500. The lowest BCUT2D eigenvalue weighted by molar-refractivity contribution is -0.385. The van der Waals surface area contributed by atoms with Crippen LogP contribution in [0.2, 0.25) is 0 Å². The van der Waals surface area contributed by atoms with Crippen LogP contribution in [0.1, 0.15) is 36.9 Å². The second kappa shape index (κ2) is 8.50. The molecule has 0 aliphatic heterocycles. The second-order valence-electron chi connectivity index (χ2n) is 6.76. The van der Waals surface area contributed by atoms with Crippen LogP contribution in [0.4, 0.5) is 5.69 Å². The molecule has 2 aromatic carbocycles. The normalized spacial score (nSPS) is 10.8. The van der Waals surface area contributed by atoms with Crippen LogP contribution in [0.25, 0.3) is 11.3 Å². The van der Waals surface area contributed by atoms with Crippen LogP contribution in [0.15, 0.2) is 36.4 Å². The molecule has 0 aliphatic carbocycles. The van der Waals surface area contributed by atoms with Gasteiger partial charge in [-0.2, -0.15) is 0 Å². The zero-order valence-electron chi connectivity index (χ0n) is 16.5. The molecule has 1 heterocycles. The van der Waals surface area contributed by atoms with E-state index in [1.165, 1.54) is 11.3 Å². The molecule has 0 radical (unpaired) electrons. The Kier molecular flexibility index (Phi) is 6.05. The quantitative estimate of drug-likeness (QED) is 0.475. The number of nitrogens with two attached hydrogens (primary N) is 1. The summed E-state index contributed by atoms with van der Waals surface area (Å²) in [5.41, 5.74) is 10.6. The van der Waals surface area contributed by atoms with E-state index in [-0.39, 0.29) is 16.5 Å². The summed E-state index contributed by atoms with van der Waals surface area (Å²) in [6, 6.07) is 11.1. The molecule has 0 aliphatic rings. The number of aryl methyl sites for hydroxylation is 2. The zero-order valence-corrected chi connectivity index (χ0v) is 17.3. The number of nitro groups is 1. The van der Waals surface area contributed by atoms with E-state index in [9.17, 15) is 14.9 Å². The van der Waals surface area contributed by atoms with Crippen LogP contribution < -0.4 is 11.1 Å². The van der Waals surface area contributed by atoms with Crippen molar-refractivity contribution in [3.05, 3.63) is 78.7 Å². The fraction of sp³-hybridized carbons (Fsp3) is 0.238. The molecule has 29 heavy (non-hydrogen) atoms. The van der Waals surface area contributed by atoms with Crippen molar-refractivity contribution >= 4 is 22.9 Å². The van der Waals surface area contributed by atoms with Gasteiger partial charge in [0.25, 0.3) is 11.6 Å². The molecule has 1 amide bonds. The third kappa shape index (κ3) is 4.33. The first kappa shape index (κ1) is 20.6. The van der Waals surface area contributed by atoms with Crippen LogP contribution in [-0.4, -0.2) is 22.9 Å². The topological polar surface area (TPSA) is 111 Å². The highest BCUT2D eigenvalue weighted by Gasteiger charge is 2.20. The molecule has 0 atom stereocenters. The number of carbonyl (C=O) groups is 1.